The number of carbonyl (C=O) groups is 1. The predicted molar refractivity (Wildman–Crippen MR) is 59.9 cm³/mol. The lowest BCUT2D eigenvalue weighted by molar-refractivity contribution is 0.109. The molecule has 3 nitrogen and oxygen atoms in total. The molecule has 1 aromatic heterocycles. The number of hydrogen-bond acceptors (Lipinski definition) is 3. The van der Waals surface area contributed by atoms with Crippen LogP contribution in [0.15, 0.2) is 16.5 Å². The molecule has 3 heteroatoms. The van der Waals surface area contributed by atoms with Crippen LogP contribution in [0.5, 0.6) is 0 Å². The number of rotatable bonds is 6. The van der Waals surface area contributed by atoms with Gasteiger partial charge in [-0.25, -0.2) is 0 Å². The van der Waals surface area contributed by atoms with Crippen molar-refractivity contribution in [1.29, 1.82) is 0 Å². The molecule has 0 amide bonds. The maximum absolute atomic E-state index is 10.5. The topological polar surface area (TPSA) is 33.5 Å². The van der Waals surface area contributed by atoms with E-state index < -0.39 is 0 Å². The van der Waals surface area contributed by atoms with Crippen LogP contribution in [0.25, 0.3) is 0 Å². The quantitative estimate of drug-likeness (QED) is 0.675. The molecule has 0 aliphatic rings. The number of aldehydes is 1. The summed E-state index contributed by atoms with van der Waals surface area (Å²) in [5.41, 5.74) is 0. The minimum absolute atomic E-state index is 0.408. The first kappa shape index (κ1) is 12.0. The van der Waals surface area contributed by atoms with E-state index in [1.807, 2.05) is 6.07 Å². The van der Waals surface area contributed by atoms with Crippen molar-refractivity contribution in [3.05, 3.63) is 23.7 Å². The lowest BCUT2D eigenvalue weighted by atomic mass is 10.2. The Bertz CT molecular complexity index is 306. The Balaban J connectivity index is 2.61. The Morgan fingerprint density at radius 3 is 2.67 bits per heavy atom. The molecule has 1 aromatic rings. The van der Waals surface area contributed by atoms with Crippen LogP contribution in [-0.4, -0.2) is 23.8 Å². The molecular weight excluding hydrogens is 190 g/mol. The van der Waals surface area contributed by atoms with Crippen LogP contribution in [0.1, 0.15) is 43.5 Å². The summed E-state index contributed by atoms with van der Waals surface area (Å²) in [7, 11) is 0. The monoisotopic (exact) mass is 209 g/mol. The van der Waals surface area contributed by atoms with Crippen molar-refractivity contribution in [3.8, 4) is 0 Å². The second kappa shape index (κ2) is 5.71. The van der Waals surface area contributed by atoms with Crippen molar-refractivity contribution in [2.75, 3.05) is 6.54 Å². The van der Waals surface area contributed by atoms with Crippen LogP contribution in [-0.2, 0) is 6.54 Å². The van der Waals surface area contributed by atoms with E-state index in [1.54, 1.807) is 6.07 Å². The van der Waals surface area contributed by atoms with Gasteiger partial charge in [0.2, 0.25) is 0 Å². The zero-order valence-corrected chi connectivity index (χ0v) is 9.69. The van der Waals surface area contributed by atoms with Crippen molar-refractivity contribution in [1.82, 2.24) is 4.90 Å². The fourth-order valence-corrected chi connectivity index (χ4v) is 1.58. The number of hydrogen-bond donors (Lipinski definition) is 0. The van der Waals surface area contributed by atoms with Crippen LogP contribution in [0, 0.1) is 0 Å². The summed E-state index contributed by atoms with van der Waals surface area (Å²) in [4.78, 5) is 12.8. The largest absolute Gasteiger partial charge is 0.457 e. The molecule has 84 valence electrons. The standard InChI is InChI=1S/C12H19NO2/c1-4-10(3)13(5-2)8-11-6-7-12(9-14)15-11/h6-7,9-10H,4-5,8H2,1-3H3. The van der Waals surface area contributed by atoms with Crippen LogP contribution in [0.4, 0.5) is 0 Å². The summed E-state index contributed by atoms with van der Waals surface area (Å²) in [6, 6.07) is 4.13. The minimum Gasteiger partial charge on any atom is -0.457 e. The van der Waals surface area contributed by atoms with Crippen LogP contribution >= 0.6 is 0 Å². The van der Waals surface area contributed by atoms with E-state index in [4.69, 9.17) is 4.42 Å². The van der Waals surface area contributed by atoms with Crippen molar-refractivity contribution in [2.45, 2.75) is 39.8 Å². The van der Waals surface area contributed by atoms with E-state index in [-0.39, 0.29) is 0 Å². The summed E-state index contributed by atoms with van der Waals surface area (Å²) >= 11 is 0. The average molecular weight is 209 g/mol. The molecule has 1 rings (SSSR count). The van der Waals surface area contributed by atoms with Crippen molar-refractivity contribution >= 4 is 6.29 Å². The molecule has 0 fully saturated rings. The van der Waals surface area contributed by atoms with Gasteiger partial charge in [0, 0.05) is 6.04 Å². The smallest absolute Gasteiger partial charge is 0.185 e. The molecule has 1 atom stereocenters. The van der Waals surface area contributed by atoms with Gasteiger partial charge in [0.05, 0.1) is 6.54 Å². The maximum atomic E-state index is 10.5. The molecule has 1 heterocycles. The molecule has 0 aliphatic carbocycles. The molecule has 1 unspecified atom stereocenters. The van der Waals surface area contributed by atoms with Crippen molar-refractivity contribution < 1.29 is 9.21 Å². The Morgan fingerprint density at radius 2 is 2.20 bits per heavy atom. The Kier molecular flexibility index (Phi) is 4.56. The van der Waals surface area contributed by atoms with Crippen LogP contribution < -0.4 is 0 Å². The molecule has 0 radical (unpaired) electrons. The van der Waals surface area contributed by atoms with E-state index in [0.717, 1.165) is 31.6 Å². The molecule has 0 spiro atoms. The van der Waals surface area contributed by atoms with E-state index in [1.165, 1.54) is 0 Å². The molecule has 0 saturated heterocycles. The second-order valence-electron chi connectivity index (χ2n) is 3.74. The van der Waals surface area contributed by atoms with E-state index >= 15 is 0 Å². The number of furan rings is 1. The first-order valence-electron chi connectivity index (χ1n) is 5.49. The van der Waals surface area contributed by atoms with Crippen molar-refractivity contribution in [2.24, 2.45) is 0 Å². The first-order chi connectivity index (χ1) is 7.21. The van der Waals surface area contributed by atoms with Gasteiger partial charge in [-0.2, -0.15) is 0 Å². The lowest BCUT2D eigenvalue weighted by Gasteiger charge is -2.25. The highest BCUT2D eigenvalue weighted by Gasteiger charge is 2.12. The van der Waals surface area contributed by atoms with E-state index in [2.05, 4.69) is 25.7 Å². The van der Waals surface area contributed by atoms with Gasteiger partial charge < -0.3 is 4.42 Å². The zero-order valence-electron chi connectivity index (χ0n) is 9.69. The summed E-state index contributed by atoms with van der Waals surface area (Å²) in [6.07, 6.45) is 1.86. The Labute approximate surface area is 91.1 Å². The Hall–Kier alpha value is -1.09. The average Bonchev–Trinajstić information content (AvgIpc) is 2.72. The fraction of sp³-hybridized carbons (Fsp3) is 0.583. The molecule has 0 bridgehead atoms. The Morgan fingerprint density at radius 1 is 1.47 bits per heavy atom. The van der Waals surface area contributed by atoms with Gasteiger partial charge in [0.25, 0.3) is 0 Å². The van der Waals surface area contributed by atoms with Gasteiger partial charge in [-0.1, -0.05) is 13.8 Å². The van der Waals surface area contributed by atoms with Gasteiger partial charge in [-0.05, 0) is 32.0 Å². The third kappa shape index (κ3) is 3.20. The van der Waals surface area contributed by atoms with Gasteiger partial charge in [-0.3, -0.25) is 9.69 Å². The second-order valence-corrected chi connectivity index (χ2v) is 3.74. The highest BCUT2D eigenvalue weighted by atomic mass is 16.3. The summed E-state index contributed by atoms with van der Waals surface area (Å²) < 4.78 is 5.35. The predicted octanol–water partition coefficient (Wildman–Crippen LogP) is 2.71. The van der Waals surface area contributed by atoms with Crippen LogP contribution in [0.2, 0.25) is 0 Å². The van der Waals surface area contributed by atoms with Gasteiger partial charge in [0.1, 0.15) is 5.76 Å². The van der Waals surface area contributed by atoms with E-state index in [9.17, 15) is 4.79 Å². The van der Waals surface area contributed by atoms with E-state index in [0.29, 0.717) is 11.8 Å². The third-order valence-corrected chi connectivity index (χ3v) is 2.78. The normalized spacial score (nSPS) is 13.1. The molecule has 0 aliphatic heterocycles. The molecule has 0 aromatic carbocycles. The maximum Gasteiger partial charge on any atom is 0.185 e. The zero-order chi connectivity index (χ0) is 11.3. The fourth-order valence-electron chi connectivity index (χ4n) is 1.58. The molecular formula is C12H19NO2. The lowest BCUT2D eigenvalue weighted by Crippen LogP contribution is -2.31. The minimum atomic E-state index is 0.408. The molecule has 0 N–H and O–H groups in total. The van der Waals surface area contributed by atoms with Crippen LogP contribution in [0.3, 0.4) is 0 Å². The summed E-state index contributed by atoms with van der Waals surface area (Å²) in [5, 5.41) is 0. The van der Waals surface area contributed by atoms with Gasteiger partial charge >= 0.3 is 0 Å². The SMILES string of the molecule is CCC(C)N(CC)Cc1ccc(C=O)o1. The molecule has 0 saturated carbocycles. The molecule has 15 heavy (non-hydrogen) atoms. The summed E-state index contributed by atoms with van der Waals surface area (Å²) in [6.45, 7) is 8.28. The third-order valence-electron chi connectivity index (χ3n) is 2.78. The first-order valence-corrected chi connectivity index (χ1v) is 5.49. The highest BCUT2D eigenvalue weighted by molar-refractivity contribution is 5.70. The number of nitrogens with zero attached hydrogens (tertiary/aromatic N) is 1. The highest BCUT2D eigenvalue weighted by Crippen LogP contribution is 2.12. The van der Waals surface area contributed by atoms with Crippen molar-refractivity contribution in [3.63, 3.8) is 0 Å². The van der Waals surface area contributed by atoms with Gasteiger partial charge in [-0.15, -0.1) is 0 Å². The number of carbonyl (C=O) groups excluding carboxylic acids is 1. The van der Waals surface area contributed by atoms with Gasteiger partial charge in [0.15, 0.2) is 12.0 Å². The summed E-state index contributed by atoms with van der Waals surface area (Å²) in [5.74, 6) is 1.27.